The molecule has 5 rings (SSSR count). The van der Waals surface area contributed by atoms with E-state index in [1.165, 1.54) is 0 Å². The molecule has 4 N–H and O–H groups in total. The Morgan fingerprint density at radius 1 is 0.786 bits per heavy atom. The number of thioether (sulfide) groups is 2. The molecule has 3 atom stereocenters. The van der Waals surface area contributed by atoms with Gasteiger partial charge in [-0.05, 0) is 46.5 Å². The zero-order valence-electron chi connectivity index (χ0n) is 32.5. The highest BCUT2D eigenvalue weighted by Crippen LogP contribution is 2.50. The predicted octanol–water partition coefficient (Wildman–Crippen LogP) is 4.80. The summed E-state index contributed by atoms with van der Waals surface area (Å²) < 4.78 is -0.418. The lowest BCUT2D eigenvalue weighted by Crippen LogP contribution is -2.59. The molecule has 0 aliphatic carbocycles. The van der Waals surface area contributed by atoms with Crippen LogP contribution in [0.5, 0.6) is 0 Å². The first-order valence-corrected chi connectivity index (χ1v) is 21.2. The van der Waals surface area contributed by atoms with E-state index < -0.39 is 63.7 Å². The van der Waals surface area contributed by atoms with Crippen LogP contribution in [0.4, 0.5) is 0 Å². The Kier molecular flexibility index (Phi) is 14.8. The normalized spacial score (nSPS) is 17.4. The van der Waals surface area contributed by atoms with Gasteiger partial charge in [0, 0.05) is 13.0 Å². The van der Waals surface area contributed by atoms with Crippen LogP contribution in [0.25, 0.3) is 0 Å². The molecule has 0 radical (unpaired) electrons. The number of hydrogen-bond donors (Lipinski definition) is 4. The Balaban J connectivity index is 1.27. The molecule has 2 aliphatic rings. The van der Waals surface area contributed by atoms with Crippen LogP contribution in [0.1, 0.15) is 76.1 Å². The van der Waals surface area contributed by atoms with Gasteiger partial charge in [-0.2, -0.15) is 0 Å². The van der Waals surface area contributed by atoms with Crippen molar-refractivity contribution >= 4 is 58.8 Å². The SMILES string of the molecule is CCCC(NC(=O)[C@@H]1CC2(CN1C(=O)C(NC(=O)Cc1ccccc1)C(C)(C)C)SCCCS2)C(=O)C(=O)NCC(=O)NC(c1ccccc1)c1ccccc1. The number of carbonyl (C=O) groups is 6. The summed E-state index contributed by atoms with van der Waals surface area (Å²) in [4.78, 5) is 83.5. The number of ketones is 1. The van der Waals surface area contributed by atoms with Gasteiger partial charge in [0.2, 0.25) is 29.4 Å². The highest BCUT2D eigenvalue weighted by molar-refractivity contribution is 8.18. The van der Waals surface area contributed by atoms with Crippen LogP contribution in [0, 0.1) is 5.41 Å². The summed E-state index contributed by atoms with van der Waals surface area (Å²) in [6.07, 6.45) is 2.15. The molecular formula is C43H53N5O6S2. The van der Waals surface area contributed by atoms with E-state index in [0.29, 0.717) is 19.4 Å². The van der Waals surface area contributed by atoms with Crippen molar-refractivity contribution in [1.82, 2.24) is 26.2 Å². The number of Topliss-reactive ketones (excluding diaryl/α,β-unsaturated/α-hetero) is 1. The molecule has 2 saturated heterocycles. The lowest BCUT2D eigenvalue weighted by atomic mass is 9.85. The lowest BCUT2D eigenvalue weighted by Gasteiger charge is -2.36. The monoisotopic (exact) mass is 799 g/mol. The van der Waals surface area contributed by atoms with E-state index in [9.17, 15) is 28.8 Å². The molecule has 3 aromatic carbocycles. The van der Waals surface area contributed by atoms with Crippen molar-refractivity contribution in [3.05, 3.63) is 108 Å². The van der Waals surface area contributed by atoms with Crippen molar-refractivity contribution in [2.45, 2.75) is 88.0 Å². The van der Waals surface area contributed by atoms with E-state index >= 15 is 0 Å². The van der Waals surface area contributed by atoms with Crippen LogP contribution < -0.4 is 21.3 Å². The molecule has 0 saturated carbocycles. The highest BCUT2D eigenvalue weighted by atomic mass is 32.2. The lowest BCUT2D eigenvalue weighted by molar-refractivity contribution is -0.145. The molecule has 2 aliphatic heterocycles. The molecule has 1 spiro atoms. The van der Waals surface area contributed by atoms with Gasteiger partial charge in [-0.25, -0.2) is 0 Å². The first-order valence-electron chi connectivity index (χ1n) is 19.2. The van der Waals surface area contributed by atoms with Gasteiger partial charge < -0.3 is 26.2 Å². The van der Waals surface area contributed by atoms with Crippen molar-refractivity contribution in [2.24, 2.45) is 5.41 Å². The van der Waals surface area contributed by atoms with Gasteiger partial charge in [-0.15, -0.1) is 23.5 Å². The van der Waals surface area contributed by atoms with Crippen molar-refractivity contribution in [2.75, 3.05) is 24.6 Å². The van der Waals surface area contributed by atoms with Crippen LogP contribution in [0.3, 0.4) is 0 Å². The molecule has 0 bridgehead atoms. The van der Waals surface area contributed by atoms with Crippen molar-refractivity contribution in [1.29, 1.82) is 0 Å². The Hall–Kier alpha value is -4.62. The molecule has 0 aromatic heterocycles. The fourth-order valence-electron chi connectivity index (χ4n) is 7.03. The molecule has 2 fully saturated rings. The van der Waals surface area contributed by atoms with Gasteiger partial charge in [-0.1, -0.05) is 125 Å². The average Bonchev–Trinajstić information content (AvgIpc) is 3.56. The number of amides is 5. The summed E-state index contributed by atoms with van der Waals surface area (Å²) in [6, 6.07) is 24.7. The molecule has 2 heterocycles. The van der Waals surface area contributed by atoms with Crippen LogP contribution in [-0.4, -0.2) is 87.0 Å². The summed E-state index contributed by atoms with van der Waals surface area (Å²) in [5.74, 6) is -1.77. The molecule has 5 amide bonds. The number of nitrogens with one attached hydrogen (secondary N) is 4. The Morgan fingerprint density at radius 2 is 1.36 bits per heavy atom. The largest absolute Gasteiger partial charge is 0.344 e. The summed E-state index contributed by atoms with van der Waals surface area (Å²) in [7, 11) is 0. The van der Waals surface area contributed by atoms with Gasteiger partial charge in [0.25, 0.3) is 5.91 Å². The molecular weight excluding hydrogens is 747 g/mol. The minimum atomic E-state index is -1.17. The second-order valence-corrected chi connectivity index (χ2v) is 18.6. The van der Waals surface area contributed by atoms with E-state index in [0.717, 1.165) is 34.6 Å². The smallest absolute Gasteiger partial charge is 0.290 e. The minimum Gasteiger partial charge on any atom is -0.344 e. The van der Waals surface area contributed by atoms with Gasteiger partial charge in [0.05, 0.1) is 29.1 Å². The number of carbonyl (C=O) groups excluding carboxylic acids is 6. The molecule has 56 heavy (non-hydrogen) atoms. The van der Waals surface area contributed by atoms with E-state index in [1.807, 2.05) is 119 Å². The van der Waals surface area contributed by atoms with Gasteiger partial charge in [-0.3, -0.25) is 28.8 Å². The quantitative estimate of drug-likeness (QED) is 0.160. The highest BCUT2D eigenvalue weighted by Gasteiger charge is 2.53. The number of rotatable bonds is 15. The fraction of sp³-hybridized carbons (Fsp3) is 0.442. The second-order valence-electron chi connectivity index (χ2n) is 15.4. The molecule has 2 unspecified atom stereocenters. The maximum atomic E-state index is 14.5. The first-order chi connectivity index (χ1) is 26.8. The average molecular weight is 800 g/mol. The summed E-state index contributed by atoms with van der Waals surface area (Å²) in [5.41, 5.74) is 1.85. The molecule has 13 heteroatoms. The zero-order chi connectivity index (χ0) is 40.3. The van der Waals surface area contributed by atoms with Crippen LogP contribution in [-0.2, 0) is 35.2 Å². The number of nitrogens with zero attached hydrogens (tertiary/aromatic N) is 1. The van der Waals surface area contributed by atoms with Crippen LogP contribution in [0.2, 0.25) is 0 Å². The third-order valence-corrected chi connectivity index (χ3v) is 13.3. The van der Waals surface area contributed by atoms with Crippen LogP contribution >= 0.6 is 23.5 Å². The Bertz CT molecular complexity index is 1790. The van der Waals surface area contributed by atoms with E-state index in [4.69, 9.17) is 0 Å². The van der Waals surface area contributed by atoms with Crippen molar-refractivity contribution in [3.8, 4) is 0 Å². The first kappa shape index (κ1) is 42.5. The summed E-state index contributed by atoms with van der Waals surface area (Å²) in [6.45, 7) is 7.33. The van der Waals surface area contributed by atoms with Gasteiger partial charge in [0.15, 0.2) is 0 Å². The number of benzene rings is 3. The molecule has 298 valence electrons. The molecule has 11 nitrogen and oxygen atoms in total. The predicted molar refractivity (Wildman–Crippen MR) is 222 cm³/mol. The zero-order valence-corrected chi connectivity index (χ0v) is 34.2. The van der Waals surface area contributed by atoms with E-state index in [-0.39, 0.29) is 24.7 Å². The maximum Gasteiger partial charge on any atom is 0.290 e. The van der Waals surface area contributed by atoms with Crippen molar-refractivity contribution in [3.63, 3.8) is 0 Å². The maximum absolute atomic E-state index is 14.5. The standard InChI is InChI=1S/C43H53N5O6S2/c1-5-16-32(37(51)40(53)44-27-35(50)46-36(30-19-11-7-12-20-30)31-21-13-8-14-22-31)45-39(52)33-26-43(55-23-15-24-56-43)28-48(33)41(54)38(42(2,3)4)47-34(49)25-29-17-9-6-10-18-29/h6-14,17-22,32-33,36,38H,5,15-16,23-28H2,1-4H3,(H,44,53)(H,45,52)(H,46,50)(H,47,49)/t32?,33-,38?/m0/s1. The third-order valence-electron chi connectivity index (χ3n) is 9.94. The topological polar surface area (TPSA) is 154 Å². The minimum absolute atomic E-state index is 0.103. The summed E-state index contributed by atoms with van der Waals surface area (Å²) in [5, 5.41) is 11.2. The summed E-state index contributed by atoms with van der Waals surface area (Å²) >= 11 is 3.47. The number of likely N-dealkylation sites (tertiary alicyclic amines) is 1. The van der Waals surface area contributed by atoms with Crippen molar-refractivity contribution < 1.29 is 28.8 Å². The van der Waals surface area contributed by atoms with Crippen LogP contribution in [0.15, 0.2) is 91.0 Å². The van der Waals surface area contributed by atoms with Gasteiger partial charge in [0.1, 0.15) is 12.1 Å². The van der Waals surface area contributed by atoms with Gasteiger partial charge >= 0.3 is 0 Å². The van der Waals surface area contributed by atoms with E-state index in [2.05, 4.69) is 21.3 Å². The number of hydrogen-bond acceptors (Lipinski definition) is 8. The van der Waals surface area contributed by atoms with E-state index in [1.54, 1.807) is 28.4 Å². The third kappa shape index (κ3) is 11.2. The Labute approximate surface area is 338 Å². The second kappa shape index (κ2) is 19.5. The fourth-order valence-corrected chi connectivity index (χ4v) is 10.4. The molecule has 3 aromatic rings. The Morgan fingerprint density at radius 3 is 1.91 bits per heavy atom.